The van der Waals surface area contributed by atoms with E-state index in [1.165, 1.54) is 24.0 Å². The van der Waals surface area contributed by atoms with E-state index in [1.54, 1.807) is 0 Å². The standard InChI is InChI=1S/C16H24N2O/c1-10(2)14(16(17)19)18-15(13-8-9-13)12-6-4-11(3)5-7-12/h4-7,10,13-15,18H,8-9H2,1-3H3,(H2,17,19). The second kappa shape index (κ2) is 5.74. The van der Waals surface area contributed by atoms with Crippen LogP contribution in [0.1, 0.15) is 43.9 Å². The lowest BCUT2D eigenvalue weighted by Crippen LogP contribution is -2.47. The van der Waals surface area contributed by atoms with Crippen molar-refractivity contribution in [2.75, 3.05) is 0 Å². The van der Waals surface area contributed by atoms with Crippen LogP contribution in [0.3, 0.4) is 0 Å². The summed E-state index contributed by atoms with van der Waals surface area (Å²) in [5.41, 5.74) is 8.03. The third-order valence-corrected chi connectivity index (χ3v) is 3.86. The lowest BCUT2D eigenvalue weighted by atomic mass is 9.96. The van der Waals surface area contributed by atoms with Crippen molar-refractivity contribution in [3.63, 3.8) is 0 Å². The van der Waals surface area contributed by atoms with E-state index in [2.05, 4.69) is 36.5 Å². The van der Waals surface area contributed by atoms with Crippen LogP contribution in [-0.4, -0.2) is 11.9 Å². The number of nitrogens with one attached hydrogen (secondary N) is 1. The van der Waals surface area contributed by atoms with Crippen LogP contribution in [0, 0.1) is 18.8 Å². The minimum absolute atomic E-state index is 0.212. The van der Waals surface area contributed by atoms with Crippen LogP contribution in [0.4, 0.5) is 0 Å². The van der Waals surface area contributed by atoms with Crippen LogP contribution in [0.15, 0.2) is 24.3 Å². The molecule has 19 heavy (non-hydrogen) atoms. The third-order valence-electron chi connectivity index (χ3n) is 3.86. The van der Waals surface area contributed by atoms with Crippen LogP contribution >= 0.6 is 0 Å². The fourth-order valence-corrected chi connectivity index (χ4v) is 2.50. The van der Waals surface area contributed by atoms with Crippen molar-refractivity contribution in [2.24, 2.45) is 17.6 Å². The summed E-state index contributed by atoms with van der Waals surface area (Å²) in [5, 5.41) is 3.48. The molecule has 1 saturated carbocycles. The van der Waals surface area contributed by atoms with Crippen molar-refractivity contribution < 1.29 is 4.79 Å². The summed E-state index contributed by atoms with van der Waals surface area (Å²) in [7, 11) is 0. The van der Waals surface area contributed by atoms with Gasteiger partial charge in [0, 0.05) is 6.04 Å². The molecule has 0 bridgehead atoms. The molecule has 3 heteroatoms. The zero-order valence-electron chi connectivity index (χ0n) is 12.0. The van der Waals surface area contributed by atoms with Crippen molar-refractivity contribution in [3.05, 3.63) is 35.4 Å². The summed E-state index contributed by atoms with van der Waals surface area (Å²) in [6, 6.07) is 8.56. The predicted octanol–water partition coefficient (Wildman–Crippen LogP) is 2.55. The summed E-state index contributed by atoms with van der Waals surface area (Å²) in [5.74, 6) is 0.597. The summed E-state index contributed by atoms with van der Waals surface area (Å²) >= 11 is 0. The maximum Gasteiger partial charge on any atom is 0.234 e. The number of nitrogens with two attached hydrogens (primary N) is 1. The lowest BCUT2D eigenvalue weighted by Gasteiger charge is -2.26. The molecule has 0 aliphatic heterocycles. The average molecular weight is 260 g/mol. The second-order valence-corrected chi connectivity index (χ2v) is 6.02. The monoisotopic (exact) mass is 260 g/mol. The largest absolute Gasteiger partial charge is 0.368 e. The number of carbonyl (C=O) groups excluding carboxylic acids is 1. The highest BCUT2D eigenvalue weighted by Crippen LogP contribution is 2.41. The second-order valence-electron chi connectivity index (χ2n) is 6.02. The number of hydrogen-bond donors (Lipinski definition) is 2. The maximum absolute atomic E-state index is 11.6. The Hall–Kier alpha value is -1.35. The van der Waals surface area contributed by atoms with Gasteiger partial charge in [-0.25, -0.2) is 0 Å². The number of amides is 1. The molecule has 2 atom stereocenters. The molecule has 1 amide bonds. The molecule has 1 aliphatic rings. The fourth-order valence-electron chi connectivity index (χ4n) is 2.50. The first-order chi connectivity index (χ1) is 8.99. The van der Waals surface area contributed by atoms with Gasteiger partial charge in [-0.3, -0.25) is 10.1 Å². The molecule has 3 nitrogen and oxygen atoms in total. The van der Waals surface area contributed by atoms with E-state index in [4.69, 9.17) is 5.73 Å². The van der Waals surface area contributed by atoms with Gasteiger partial charge in [0.05, 0.1) is 6.04 Å². The normalized spacial score (nSPS) is 18.3. The molecule has 3 N–H and O–H groups in total. The van der Waals surface area contributed by atoms with Crippen LogP contribution in [-0.2, 0) is 4.79 Å². The fraction of sp³-hybridized carbons (Fsp3) is 0.562. The molecule has 1 fully saturated rings. The molecule has 1 aromatic rings. The topological polar surface area (TPSA) is 55.1 Å². The van der Waals surface area contributed by atoms with Gasteiger partial charge in [0.1, 0.15) is 0 Å². The average Bonchev–Trinajstić information content (AvgIpc) is 3.15. The number of hydrogen-bond acceptors (Lipinski definition) is 2. The van der Waals surface area contributed by atoms with Gasteiger partial charge in [0.15, 0.2) is 0 Å². The van der Waals surface area contributed by atoms with Gasteiger partial charge in [0.2, 0.25) is 5.91 Å². The lowest BCUT2D eigenvalue weighted by molar-refractivity contribution is -0.121. The molecule has 1 aromatic carbocycles. The van der Waals surface area contributed by atoms with Crippen molar-refractivity contribution in [1.82, 2.24) is 5.32 Å². The first-order valence-electron chi connectivity index (χ1n) is 7.11. The SMILES string of the molecule is Cc1ccc(C(NC(C(N)=O)C(C)C)C2CC2)cc1. The van der Waals surface area contributed by atoms with E-state index in [0.29, 0.717) is 5.92 Å². The van der Waals surface area contributed by atoms with Crippen molar-refractivity contribution in [2.45, 2.75) is 45.7 Å². The molecule has 1 aliphatic carbocycles. The highest BCUT2D eigenvalue weighted by molar-refractivity contribution is 5.80. The number of carbonyl (C=O) groups is 1. The van der Waals surface area contributed by atoms with Crippen LogP contribution in [0.5, 0.6) is 0 Å². The minimum atomic E-state index is -0.257. The van der Waals surface area contributed by atoms with E-state index in [1.807, 2.05) is 13.8 Å². The van der Waals surface area contributed by atoms with Gasteiger partial charge >= 0.3 is 0 Å². The Balaban J connectivity index is 2.16. The van der Waals surface area contributed by atoms with E-state index < -0.39 is 0 Å². The first-order valence-corrected chi connectivity index (χ1v) is 7.11. The molecule has 0 aromatic heterocycles. The van der Waals surface area contributed by atoms with Crippen LogP contribution < -0.4 is 11.1 Å². The molecule has 0 radical (unpaired) electrons. The van der Waals surface area contributed by atoms with Gasteiger partial charge in [-0.05, 0) is 37.2 Å². The molecule has 0 saturated heterocycles. The predicted molar refractivity (Wildman–Crippen MR) is 77.6 cm³/mol. The quantitative estimate of drug-likeness (QED) is 0.826. The van der Waals surface area contributed by atoms with E-state index in [0.717, 1.165) is 0 Å². The Kier molecular flexibility index (Phi) is 4.25. The van der Waals surface area contributed by atoms with Gasteiger partial charge < -0.3 is 5.73 Å². The van der Waals surface area contributed by atoms with E-state index >= 15 is 0 Å². The van der Waals surface area contributed by atoms with Crippen LogP contribution in [0.2, 0.25) is 0 Å². The Morgan fingerprint density at radius 3 is 2.26 bits per heavy atom. The Labute approximate surface area is 115 Å². The van der Waals surface area contributed by atoms with E-state index in [-0.39, 0.29) is 23.9 Å². The zero-order valence-corrected chi connectivity index (χ0v) is 12.0. The maximum atomic E-state index is 11.6. The van der Waals surface area contributed by atoms with Gasteiger partial charge in [-0.2, -0.15) is 0 Å². The van der Waals surface area contributed by atoms with Crippen molar-refractivity contribution in [3.8, 4) is 0 Å². The van der Waals surface area contributed by atoms with Gasteiger partial charge in [-0.15, -0.1) is 0 Å². The smallest absolute Gasteiger partial charge is 0.234 e. The van der Waals surface area contributed by atoms with Crippen molar-refractivity contribution >= 4 is 5.91 Å². The highest BCUT2D eigenvalue weighted by Gasteiger charge is 2.35. The first kappa shape index (κ1) is 14.1. The number of primary amides is 1. The van der Waals surface area contributed by atoms with Gasteiger partial charge in [0.25, 0.3) is 0 Å². The Bertz CT molecular complexity index is 435. The summed E-state index contributed by atoms with van der Waals surface area (Å²) in [6.07, 6.45) is 2.46. The van der Waals surface area contributed by atoms with Crippen molar-refractivity contribution in [1.29, 1.82) is 0 Å². The summed E-state index contributed by atoms with van der Waals surface area (Å²) in [6.45, 7) is 6.15. The number of rotatable bonds is 6. The molecule has 2 rings (SSSR count). The molecule has 0 spiro atoms. The zero-order chi connectivity index (χ0) is 14.0. The van der Waals surface area contributed by atoms with Gasteiger partial charge in [-0.1, -0.05) is 43.7 Å². The highest BCUT2D eigenvalue weighted by atomic mass is 16.1. The molecule has 104 valence electrons. The molecule has 0 heterocycles. The third kappa shape index (κ3) is 3.57. The Morgan fingerprint density at radius 1 is 1.26 bits per heavy atom. The summed E-state index contributed by atoms with van der Waals surface area (Å²) < 4.78 is 0. The van der Waals surface area contributed by atoms with Crippen LogP contribution in [0.25, 0.3) is 0 Å². The molecular formula is C16H24N2O. The molecule has 2 unspecified atom stereocenters. The summed E-state index contributed by atoms with van der Waals surface area (Å²) in [4.78, 5) is 11.6. The minimum Gasteiger partial charge on any atom is -0.368 e. The Morgan fingerprint density at radius 2 is 1.84 bits per heavy atom. The number of benzene rings is 1. The molecular weight excluding hydrogens is 236 g/mol. The number of aryl methyl sites for hydroxylation is 1. The van der Waals surface area contributed by atoms with E-state index in [9.17, 15) is 4.79 Å².